The van der Waals surface area contributed by atoms with E-state index in [1.165, 1.54) is 0 Å². The minimum atomic E-state index is -4.51. The Hall–Kier alpha value is -1.27. The monoisotopic (exact) mass is 306 g/mol. The van der Waals surface area contributed by atoms with E-state index in [9.17, 15) is 22.8 Å². The summed E-state index contributed by atoms with van der Waals surface area (Å²) in [7, 11) is 0. The van der Waals surface area contributed by atoms with Crippen molar-refractivity contribution in [3.05, 3.63) is 0 Å². The van der Waals surface area contributed by atoms with Crippen molar-refractivity contribution in [3.63, 3.8) is 0 Å². The second-order valence-electron chi connectivity index (χ2n) is 6.66. The van der Waals surface area contributed by atoms with Crippen molar-refractivity contribution in [1.82, 2.24) is 10.2 Å². The Morgan fingerprint density at radius 1 is 1.33 bits per heavy atom. The first-order valence-electron chi connectivity index (χ1n) is 7.24. The predicted octanol–water partition coefficient (Wildman–Crippen LogP) is 2.09. The largest absolute Gasteiger partial charge is 0.406 e. The van der Waals surface area contributed by atoms with Crippen LogP contribution in [0.25, 0.3) is 0 Å². The lowest BCUT2D eigenvalue weighted by Gasteiger charge is -2.45. The zero-order valence-electron chi connectivity index (χ0n) is 12.5. The Balaban J connectivity index is 2.29. The van der Waals surface area contributed by atoms with Gasteiger partial charge in [0.1, 0.15) is 18.1 Å². The summed E-state index contributed by atoms with van der Waals surface area (Å²) in [5.74, 6) is -1.10. The molecule has 2 unspecified atom stereocenters. The second kappa shape index (κ2) is 5.18. The first-order chi connectivity index (χ1) is 9.54. The summed E-state index contributed by atoms with van der Waals surface area (Å²) in [6, 6.07) is -1.04. The number of amides is 2. The van der Waals surface area contributed by atoms with Crippen LogP contribution in [0.4, 0.5) is 13.2 Å². The predicted molar refractivity (Wildman–Crippen MR) is 70.3 cm³/mol. The van der Waals surface area contributed by atoms with Crippen LogP contribution in [0.1, 0.15) is 40.0 Å². The van der Waals surface area contributed by atoms with Crippen LogP contribution in [-0.2, 0) is 9.59 Å². The first kappa shape index (κ1) is 16.1. The van der Waals surface area contributed by atoms with E-state index in [0.717, 1.165) is 17.7 Å². The number of halogens is 3. The highest BCUT2D eigenvalue weighted by Gasteiger charge is 2.56. The van der Waals surface area contributed by atoms with Gasteiger partial charge in [-0.1, -0.05) is 13.8 Å². The highest BCUT2D eigenvalue weighted by atomic mass is 19.4. The van der Waals surface area contributed by atoms with E-state index < -0.39 is 36.1 Å². The fourth-order valence-electron chi connectivity index (χ4n) is 2.97. The van der Waals surface area contributed by atoms with Crippen molar-refractivity contribution in [3.8, 4) is 0 Å². The van der Waals surface area contributed by atoms with E-state index in [0.29, 0.717) is 0 Å². The van der Waals surface area contributed by atoms with E-state index in [2.05, 4.69) is 5.32 Å². The van der Waals surface area contributed by atoms with Crippen LogP contribution in [0.5, 0.6) is 0 Å². The number of carbonyl (C=O) groups excluding carboxylic acids is 2. The van der Waals surface area contributed by atoms with E-state index >= 15 is 0 Å². The van der Waals surface area contributed by atoms with Gasteiger partial charge in [-0.25, -0.2) is 0 Å². The van der Waals surface area contributed by atoms with Gasteiger partial charge in [-0.3, -0.25) is 9.59 Å². The molecule has 1 aliphatic heterocycles. The number of hydrogen-bond donors (Lipinski definition) is 1. The third-order valence-electron chi connectivity index (χ3n) is 4.21. The summed E-state index contributed by atoms with van der Waals surface area (Å²) < 4.78 is 38.4. The number of hydrogen-bond acceptors (Lipinski definition) is 2. The van der Waals surface area contributed by atoms with Gasteiger partial charge in [-0.15, -0.1) is 0 Å². The zero-order chi connectivity index (χ0) is 16.0. The van der Waals surface area contributed by atoms with Gasteiger partial charge in [0.25, 0.3) is 0 Å². The Kier molecular flexibility index (Phi) is 3.97. The molecule has 0 aromatic heterocycles. The number of alkyl halides is 3. The molecule has 7 heteroatoms. The van der Waals surface area contributed by atoms with Crippen LogP contribution < -0.4 is 5.32 Å². The number of rotatable bonds is 4. The maximum Gasteiger partial charge on any atom is 0.406 e. The molecular formula is C14H21F3N2O2. The van der Waals surface area contributed by atoms with E-state index in [-0.39, 0.29) is 18.3 Å². The Morgan fingerprint density at radius 2 is 1.90 bits per heavy atom. The molecule has 2 amide bonds. The standard InChI is InChI=1S/C14H21F3N2O2/c1-8(2)6-10-11(20)18-13(3,9-4-5-9)12(21)19(10)7-14(15,16)17/h8-10H,4-7H2,1-3H3,(H,18,20). The van der Waals surface area contributed by atoms with Crippen molar-refractivity contribution in [2.45, 2.75) is 57.8 Å². The molecule has 0 aromatic rings. The first-order valence-corrected chi connectivity index (χ1v) is 7.24. The van der Waals surface area contributed by atoms with Gasteiger partial charge >= 0.3 is 6.18 Å². The maximum absolute atomic E-state index is 12.8. The summed E-state index contributed by atoms with van der Waals surface area (Å²) in [6.07, 6.45) is -2.75. The number of carbonyl (C=O) groups is 2. The summed E-state index contributed by atoms with van der Waals surface area (Å²) in [5.41, 5.74) is -1.18. The SMILES string of the molecule is CC(C)CC1C(=O)NC(C)(C2CC2)C(=O)N1CC(F)(F)F. The average Bonchev–Trinajstić information content (AvgIpc) is 3.13. The maximum atomic E-state index is 12.8. The molecule has 2 fully saturated rings. The smallest absolute Gasteiger partial charge is 0.340 e. The van der Waals surface area contributed by atoms with E-state index in [1.54, 1.807) is 6.92 Å². The van der Waals surface area contributed by atoms with Gasteiger partial charge in [-0.05, 0) is 38.0 Å². The molecule has 2 rings (SSSR count). The summed E-state index contributed by atoms with van der Waals surface area (Å²) in [4.78, 5) is 25.5. The molecule has 1 N–H and O–H groups in total. The van der Waals surface area contributed by atoms with Gasteiger partial charge < -0.3 is 10.2 Å². The third-order valence-corrected chi connectivity index (χ3v) is 4.21. The normalized spacial score (nSPS) is 30.8. The van der Waals surface area contributed by atoms with Gasteiger partial charge in [0, 0.05) is 0 Å². The van der Waals surface area contributed by atoms with Crippen molar-refractivity contribution >= 4 is 11.8 Å². The zero-order valence-corrected chi connectivity index (χ0v) is 12.5. The Labute approximate surface area is 122 Å². The molecule has 0 spiro atoms. The summed E-state index contributed by atoms with van der Waals surface area (Å²) in [6.45, 7) is 3.81. The molecule has 0 aromatic carbocycles. The lowest BCUT2D eigenvalue weighted by atomic mass is 9.87. The molecule has 1 aliphatic carbocycles. The molecular weight excluding hydrogens is 285 g/mol. The van der Waals surface area contributed by atoms with E-state index in [4.69, 9.17) is 0 Å². The van der Waals surface area contributed by atoms with Crippen LogP contribution in [0.15, 0.2) is 0 Å². The molecule has 2 aliphatic rings. The van der Waals surface area contributed by atoms with Crippen molar-refractivity contribution < 1.29 is 22.8 Å². The van der Waals surface area contributed by atoms with Crippen LogP contribution >= 0.6 is 0 Å². The average molecular weight is 306 g/mol. The van der Waals surface area contributed by atoms with Crippen LogP contribution in [0.2, 0.25) is 0 Å². The fraction of sp³-hybridized carbons (Fsp3) is 0.857. The van der Waals surface area contributed by atoms with Gasteiger partial charge in [0.15, 0.2) is 0 Å². The molecule has 0 bridgehead atoms. The molecule has 120 valence electrons. The Bertz CT molecular complexity index is 446. The van der Waals surface area contributed by atoms with Crippen LogP contribution in [-0.4, -0.2) is 41.0 Å². The molecule has 1 saturated carbocycles. The summed E-state index contributed by atoms with van der Waals surface area (Å²) >= 11 is 0. The summed E-state index contributed by atoms with van der Waals surface area (Å²) in [5, 5.41) is 2.68. The molecule has 2 atom stereocenters. The Morgan fingerprint density at radius 3 is 2.33 bits per heavy atom. The minimum Gasteiger partial charge on any atom is -0.340 e. The molecule has 0 radical (unpaired) electrons. The topological polar surface area (TPSA) is 49.4 Å². The van der Waals surface area contributed by atoms with Crippen LogP contribution in [0.3, 0.4) is 0 Å². The molecule has 1 heterocycles. The van der Waals surface area contributed by atoms with Crippen molar-refractivity contribution in [1.29, 1.82) is 0 Å². The van der Waals surface area contributed by atoms with Gasteiger partial charge in [-0.2, -0.15) is 13.2 Å². The van der Waals surface area contributed by atoms with Gasteiger partial charge in [0.2, 0.25) is 11.8 Å². The fourth-order valence-corrected chi connectivity index (χ4v) is 2.97. The number of nitrogens with zero attached hydrogens (tertiary/aromatic N) is 1. The highest BCUT2D eigenvalue weighted by Crippen LogP contribution is 2.43. The van der Waals surface area contributed by atoms with Crippen molar-refractivity contribution in [2.24, 2.45) is 11.8 Å². The molecule has 4 nitrogen and oxygen atoms in total. The minimum absolute atomic E-state index is 0.0227. The highest BCUT2D eigenvalue weighted by molar-refractivity contribution is 6.00. The lowest BCUT2D eigenvalue weighted by Crippen LogP contribution is -2.71. The lowest BCUT2D eigenvalue weighted by molar-refractivity contribution is -0.179. The quantitative estimate of drug-likeness (QED) is 0.864. The molecule has 1 saturated heterocycles. The third kappa shape index (κ3) is 3.32. The number of piperazine rings is 1. The van der Waals surface area contributed by atoms with E-state index in [1.807, 2.05) is 13.8 Å². The van der Waals surface area contributed by atoms with Gasteiger partial charge in [0.05, 0.1) is 0 Å². The second-order valence-corrected chi connectivity index (χ2v) is 6.66. The molecule has 21 heavy (non-hydrogen) atoms. The van der Waals surface area contributed by atoms with Crippen molar-refractivity contribution in [2.75, 3.05) is 6.54 Å². The number of nitrogens with one attached hydrogen (secondary N) is 1. The van der Waals surface area contributed by atoms with Crippen LogP contribution in [0, 0.1) is 11.8 Å².